The van der Waals surface area contributed by atoms with Gasteiger partial charge in [-0.3, -0.25) is 4.79 Å². The van der Waals surface area contributed by atoms with E-state index >= 15 is 0 Å². The molecule has 2 atom stereocenters. The van der Waals surface area contributed by atoms with Crippen LogP contribution in [-0.4, -0.2) is 26.6 Å². The summed E-state index contributed by atoms with van der Waals surface area (Å²) in [6, 6.07) is 1.62. The molecule has 0 aliphatic heterocycles. The molecule has 3 N–H and O–H groups in total. The maximum Gasteiger partial charge on any atom is 0.224 e. The Morgan fingerprint density at radius 2 is 2.13 bits per heavy atom. The number of hydrogen-bond acceptors (Lipinski definition) is 3. The lowest BCUT2D eigenvalue weighted by Crippen LogP contribution is -2.40. The third kappa shape index (κ3) is 3.99. The van der Waals surface area contributed by atoms with Crippen molar-refractivity contribution in [2.75, 3.05) is 6.26 Å². The molecule has 0 saturated heterocycles. The molecule has 1 aliphatic carbocycles. The van der Waals surface area contributed by atoms with Crippen LogP contribution in [0.2, 0.25) is 5.02 Å². The van der Waals surface area contributed by atoms with E-state index in [4.69, 9.17) is 17.3 Å². The first-order chi connectivity index (χ1) is 10.5. The van der Waals surface area contributed by atoms with Crippen molar-refractivity contribution in [3.8, 4) is 0 Å². The number of primary amides is 1. The van der Waals surface area contributed by atoms with Crippen molar-refractivity contribution in [3.05, 3.63) is 34.4 Å². The van der Waals surface area contributed by atoms with Crippen molar-refractivity contribution in [3.63, 3.8) is 0 Å². The zero-order valence-corrected chi connectivity index (χ0v) is 14.0. The van der Waals surface area contributed by atoms with Gasteiger partial charge >= 0.3 is 0 Å². The molecule has 128 valence electrons. The zero-order valence-electron chi connectivity index (χ0n) is 12.4. The molecule has 0 spiro atoms. The highest BCUT2D eigenvalue weighted by Crippen LogP contribution is 2.42. The van der Waals surface area contributed by atoms with E-state index in [1.807, 2.05) is 0 Å². The Kier molecular flexibility index (Phi) is 4.98. The van der Waals surface area contributed by atoms with Gasteiger partial charge in [0.25, 0.3) is 0 Å². The first-order valence-corrected chi connectivity index (χ1v) is 9.20. The fraction of sp³-hybridized carbons (Fsp3) is 0.500. The van der Waals surface area contributed by atoms with Gasteiger partial charge in [-0.05, 0) is 37.8 Å². The van der Waals surface area contributed by atoms with Gasteiger partial charge in [0.2, 0.25) is 15.9 Å². The van der Waals surface area contributed by atoms with E-state index in [0.717, 1.165) is 18.4 Å². The molecular weight excluding hydrogens is 350 g/mol. The number of nitrogens with one attached hydrogen (secondary N) is 1. The highest BCUT2D eigenvalue weighted by atomic mass is 35.5. The van der Waals surface area contributed by atoms with Crippen LogP contribution in [0.4, 0.5) is 8.78 Å². The number of hydrogen-bond donors (Lipinski definition) is 2. The Labute approximate surface area is 138 Å². The molecule has 1 aromatic carbocycles. The minimum absolute atomic E-state index is 0.0841. The van der Waals surface area contributed by atoms with Gasteiger partial charge in [-0.25, -0.2) is 21.9 Å². The van der Waals surface area contributed by atoms with Crippen LogP contribution in [0.25, 0.3) is 0 Å². The van der Waals surface area contributed by atoms with Crippen LogP contribution in [0.1, 0.15) is 24.8 Å². The lowest BCUT2D eigenvalue weighted by Gasteiger charge is -2.26. The van der Waals surface area contributed by atoms with Gasteiger partial charge in [0.15, 0.2) is 0 Å². The molecule has 5 nitrogen and oxygen atoms in total. The van der Waals surface area contributed by atoms with Crippen LogP contribution in [0.3, 0.4) is 0 Å². The van der Waals surface area contributed by atoms with Gasteiger partial charge in [-0.1, -0.05) is 11.6 Å². The van der Waals surface area contributed by atoms with E-state index in [1.165, 1.54) is 0 Å². The highest BCUT2D eigenvalue weighted by Gasteiger charge is 2.45. The van der Waals surface area contributed by atoms with E-state index in [-0.39, 0.29) is 29.8 Å². The molecule has 1 fully saturated rings. The van der Waals surface area contributed by atoms with E-state index in [9.17, 15) is 22.0 Å². The average Bonchev–Trinajstić information content (AvgIpc) is 2.81. The summed E-state index contributed by atoms with van der Waals surface area (Å²) in [5.41, 5.74) is 3.93. The van der Waals surface area contributed by atoms with Crippen molar-refractivity contribution >= 4 is 27.5 Å². The molecule has 23 heavy (non-hydrogen) atoms. The van der Waals surface area contributed by atoms with E-state index in [0.29, 0.717) is 6.42 Å². The van der Waals surface area contributed by atoms with Crippen molar-refractivity contribution < 1.29 is 22.0 Å². The molecule has 0 heterocycles. The fourth-order valence-electron chi connectivity index (χ4n) is 3.07. The van der Waals surface area contributed by atoms with Crippen molar-refractivity contribution in [2.45, 2.75) is 31.7 Å². The number of rotatable bonds is 5. The van der Waals surface area contributed by atoms with Gasteiger partial charge in [-0.2, -0.15) is 0 Å². The molecule has 1 aliphatic rings. The topological polar surface area (TPSA) is 89.3 Å². The third-order valence-corrected chi connectivity index (χ3v) is 5.22. The van der Waals surface area contributed by atoms with Crippen molar-refractivity contribution in [1.82, 2.24) is 4.72 Å². The number of sulfonamides is 1. The first-order valence-electron chi connectivity index (χ1n) is 6.94. The van der Waals surface area contributed by atoms with Crippen LogP contribution in [-0.2, 0) is 21.2 Å². The molecule has 1 saturated carbocycles. The Bertz CT molecular complexity index is 742. The van der Waals surface area contributed by atoms with Gasteiger partial charge < -0.3 is 5.73 Å². The van der Waals surface area contributed by atoms with Gasteiger partial charge in [0, 0.05) is 11.6 Å². The quantitative estimate of drug-likeness (QED) is 0.778. The molecule has 1 amide bonds. The maximum absolute atomic E-state index is 14.1. The van der Waals surface area contributed by atoms with E-state index in [1.54, 1.807) is 0 Å². The molecule has 0 aromatic heterocycles. The Morgan fingerprint density at radius 3 is 2.70 bits per heavy atom. The van der Waals surface area contributed by atoms with Crippen LogP contribution in [0, 0.1) is 17.0 Å². The summed E-state index contributed by atoms with van der Waals surface area (Å²) >= 11 is 5.66. The Morgan fingerprint density at radius 1 is 1.48 bits per heavy atom. The normalized spacial score (nSPS) is 24.8. The van der Waals surface area contributed by atoms with Crippen molar-refractivity contribution in [2.24, 2.45) is 11.1 Å². The first kappa shape index (κ1) is 18.1. The predicted octanol–water partition coefficient (Wildman–Crippen LogP) is 1.73. The van der Waals surface area contributed by atoms with Gasteiger partial charge in [0.1, 0.15) is 11.6 Å². The second-order valence-electron chi connectivity index (χ2n) is 5.97. The second kappa shape index (κ2) is 6.33. The molecular formula is C14H17ClF2N2O3S. The van der Waals surface area contributed by atoms with E-state index in [2.05, 4.69) is 4.72 Å². The molecule has 0 bridgehead atoms. The Hall–Kier alpha value is -1.25. The average molecular weight is 367 g/mol. The number of nitrogens with two attached hydrogens (primary N) is 1. The largest absolute Gasteiger partial charge is 0.369 e. The standard InChI is InChI=1S/C14H17ClF2N2O3S/c1-23(21,22)19-8-4-5-14(6-8,13(18)20)7-9-11(16)3-2-10(15)12(9)17/h2-3,8,19H,4-7H2,1H3,(H2,18,20)/t8-,14-/m0/s1. The SMILES string of the molecule is CS(=O)(=O)N[C@H]1CC[C@](Cc2c(F)ccc(Cl)c2F)(C(N)=O)C1. The van der Waals surface area contributed by atoms with Crippen LogP contribution in [0.15, 0.2) is 12.1 Å². The molecule has 9 heteroatoms. The van der Waals surface area contributed by atoms with Gasteiger partial charge in [0.05, 0.1) is 16.7 Å². The third-order valence-electron chi connectivity index (χ3n) is 4.17. The predicted molar refractivity (Wildman–Crippen MR) is 82.3 cm³/mol. The lowest BCUT2D eigenvalue weighted by molar-refractivity contribution is -0.127. The minimum Gasteiger partial charge on any atom is -0.369 e. The lowest BCUT2D eigenvalue weighted by atomic mass is 9.79. The number of amides is 1. The van der Waals surface area contributed by atoms with Gasteiger partial charge in [-0.15, -0.1) is 0 Å². The summed E-state index contributed by atoms with van der Waals surface area (Å²) in [5, 5.41) is -0.246. The zero-order chi connectivity index (χ0) is 17.4. The summed E-state index contributed by atoms with van der Waals surface area (Å²) in [6.45, 7) is 0. The Balaban J connectivity index is 2.31. The van der Waals surface area contributed by atoms with Crippen LogP contribution >= 0.6 is 11.6 Å². The van der Waals surface area contributed by atoms with E-state index < -0.39 is 39.0 Å². The second-order valence-corrected chi connectivity index (χ2v) is 8.16. The maximum atomic E-state index is 14.1. The number of carbonyl (C=O) groups excluding carboxylic acids is 1. The fourth-order valence-corrected chi connectivity index (χ4v) is 4.05. The highest BCUT2D eigenvalue weighted by molar-refractivity contribution is 7.88. The summed E-state index contributed by atoms with van der Waals surface area (Å²) in [5.74, 6) is -2.45. The molecule has 1 aromatic rings. The monoisotopic (exact) mass is 366 g/mol. The van der Waals surface area contributed by atoms with Crippen LogP contribution < -0.4 is 10.5 Å². The minimum atomic E-state index is -3.45. The number of halogens is 3. The summed E-state index contributed by atoms with van der Waals surface area (Å²) < 4.78 is 53.0. The number of carbonyl (C=O) groups is 1. The smallest absolute Gasteiger partial charge is 0.224 e. The van der Waals surface area contributed by atoms with Crippen LogP contribution in [0.5, 0.6) is 0 Å². The number of benzene rings is 1. The van der Waals surface area contributed by atoms with Crippen molar-refractivity contribution in [1.29, 1.82) is 0 Å². The summed E-state index contributed by atoms with van der Waals surface area (Å²) in [6.07, 6.45) is 1.43. The molecule has 0 radical (unpaired) electrons. The molecule has 0 unspecified atom stereocenters. The summed E-state index contributed by atoms with van der Waals surface area (Å²) in [7, 11) is -3.45. The molecule has 2 rings (SSSR count). The summed E-state index contributed by atoms with van der Waals surface area (Å²) in [4.78, 5) is 11.9.